The molecule has 2 aromatic rings. The van der Waals surface area contributed by atoms with E-state index in [1.165, 1.54) is 5.56 Å². The molecule has 2 aromatic carbocycles. The molecule has 0 fully saturated rings. The highest BCUT2D eigenvalue weighted by Gasteiger charge is 2.09. The zero-order valence-corrected chi connectivity index (χ0v) is 21.8. The van der Waals surface area contributed by atoms with E-state index in [1.54, 1.807) is 0 Å². The summed E-state index contributed by atoms with van der Waals surface area (Å²) in [6, 6.07) is 18.5. The van der Waals surface area contributed by atoms with E-state index < -0.39 is 0 Å². The summed E-state index contributed by atoms with van der Waals surface area (Å²) in [5, 5.41) is 6.50. The molecule has 0 saturated heterocycles. The van der Waals surface area contributed by atoms with Crippen molar-refractivity contribution in [2.24, 2.45) is 4.99 Å². The van der Waals surface area contributed by atoms with E-state index in [1.807, 2.05) is 49.9 Å². The molecule has 32 heavy (non-hydrogen) atoms. The Labute approximate surface area is 209 Å². The smallest absolute Gasteiger partial charge is 0.224 e. The summed E-state index contributed by atoms with van der Waals surface area (Å²) >= 11 is 0. The lowest BCUT2D eigenvalue weighted by Crippen LogP contribution is -2.40. The molecule has 0 spiro atoms. The van der Waals surface area contributed by atoms with Crippen molar-refractivity contribution in [3.05, 3.63) is 71.3 Å². The van der Waals surface area contributed by atoms with Crippen LogP contribution in [-0.4, -0.2) is 42.9 Å². The van der Waals surface area contributed by atoms with Crippen LogP contribution in [0.5, 0.6) is 0 Å². The second-order valence-electron chi connectivity index (χ2n) is 7.24. The van der Waals surface area contributed by atoms with Crippen LogP contribution in [0, 0.1) is 0 Å². The molecule has 0 aliphatic carbocycles. The van der Waals surface area contributed by atoms with Gasteiger partial charge in [0.05, 0.1) is 19.8 Å². The van der Waals surface area contributed by atoms with Crippen LogP contribution >= 0.6 is 24.0 Å². The molecule has 0 aromatic heterocycles. The van der Waals surface area contributed by atoms with Gasteiger partial charge in [0.25, 0.3) is 0 Å². The van der Waals surface area contributed by atoms with Crippen LogP contribution < -0.4 is 10.6 Å². The first-order valence-electron chi connectivity index (χ1n) is 11.2. The van der Waals surface area contributed by atoms with Crippen molar-refractivity contribution in [2.45, 2.75) is 47.0 Å². The first kappa shape index (κ1) is 27.9. The monoisotopic (exact) mass is 552 g/mol. The van der Waals surface area contributed by atoms with E-state index in [-0.39, 0.29) is 29.9 Å². The zero-order valence-electron chi connectivity index (χ0n) is 19.5. The number of hydrogen-bond acceptors (Lipinski definition) is 3. The normalized spacial score (nSPS) is 10.9. The van der Waals surface area contributed by atoms with Crippen molar-refractivity contribution in [3.8, 4) is 0 Å². The standard InChI is InChI=1S/C25H36N4O2.HI/c1-4-26-25(27-16-15-24(30)29(5-2)6-3)28-18-22-13-10-14-23(17-22)20-31-19-21-11-8-7-9-12-21;/h7-14,17H,4-6,15-16,18-20H2,1-3H3,(H2,26,27,28);1H. The summed E-state index contributed by atoms with van der Waals surface area (Å²) in [5.74, 6) is 0.886. The maximum atomic E-state index is 12.2. The Morgan fingerprint density at radius 1 is 0.906 bits per heavy atom. The summed E-state index contributed by atoms with van der Waals surface area (Å²) in [5.41, 5.74) is 3.42. The number of hydrogen-bond donors (Lipinski definition) is 2. The lowest BCUT2D eigenvalue weighted by molar-refractivity contribution is -0.130. The van der Waals surface area contributed by atoms with Crippen LogP contribution in [0.15, 0.2) is 59.6 Å². The molecular formula is C25H37IN4O2. The predicted molar refractivity (Wildman–Crippen MR) is 142 cm³/mol. The van der Waals surface area contributed by atoms with E-state index in [2.05, 4.69) is 46.0 Å². The van der Waals surface area contributed by atoms with E-state index >= 15 is 0 Å². The van der Waals surface area contributed by atoms with Crippen LogP contribution in [0.2, 0.25) is 0 Å². The van der Waals surface area contributed by atoms with Gasteiger partial charge in [-0.3, -0.25) is 4.79 Å². The van der Waals surface area contributed by atoms with Gasteiger partial charge in [-0.15, -0.1) is 24.0 Å². The summed E-state index contributed by atoms with van der Waals surface area (Å²) in [6.07, 6.45) is 0.459. The molecule has 2 N–H and O–H groups in total. The fraction of sp³-hybridized carbons (Fsp3) is 0.440. The third-order valence-electron chi connectivity index (χ3n) is 4.88. The topological polar surface area (TPSA) is 66.0 Å². The van der Waals surface area contributed by atoms with Gasteiger partial charge in [0.2, 0.25) is 5.91 Å². The summed E-state index contributed by atoms with van der Waals surface area (Å²) in [7, 11) is 0. The molecule has 176 valence electrons. The van der Waals surface area contributed by atoms with Gasteiger partial charge in [-0.05, 0) is 37.5 Å². The number of aliphatic imine (C=N–C) groups is 1. The molecule has 0 heterocycles. The van der Waals surface area contributed by atoms with Gasteiger partial charge in [-0.25, -0.2) is 4.99 Å². The number of nitrogens with zero attached hydrogens (tertiary/aromatic N) is 2. The Morgan fingerprint density at radius 3 is 2.25 bits per heavy atom. The highest BCUT2D eigenvalue weighted by atomic mass is 127. The van der Waals surface area contributed by atoms with E-state index in [0.29, 0.717) is 32.7 Å². The van der Waals surface area contributed by atoms with E-state index in [9.17, 15) is 4.79 Å². The summed E-state index contributed by atoms with van der Waals surface area (Å²) in [6.45, 7) is 10.6. The number of rotatable bonds is 12. The van der Waals surface area contributed by atoms with Gasteiger partial charge in [0.1, 0.15) is 0 Å². The van der Waals surface area contributed by atoms with Crippen LogP contribution in [0.25, 0.3) is 0 Å². The van der Waals surface area contributed by atoms with Crippen molar-refractivity contribution in [1.82, 2.24) is 15.5 Å². The Balaban J connectivity index is 0.00000512. The molecule has 0 unspecified atom stereocenters. The Morgan fingerprint density at radius 2 is 1.56 bits per heavy atom. The molecule has 0 atom stereocenters. The minimum absolute atomic E-state index is 0. The first-order valence-corrected chi connectivity index (χ1v) is 11.2. The van der Waals surface area contributed by atoms with E-state index in [4.69, 9.17) is 4.74 Å². The number of carbonyl (C=O) groups excluding carboxylic acids is 1. The van der Waals surface area contributed by atoms with Crippen molar-refractivity contribution in [1.29, 1.82) is 0 Å². The number of benzene rings is 2. The fourth-order valence-corrected chi connectivity index (χ4v) is 3.21. The van der Waals surface area contributed by atoms with Gasteiger partial charge < -0.3 is 20.3 Å². The van der Waals surface area contributed by atoms with Crippen molar-refractivity contribution in [3.63, 3.8) is 0 Å². The molecule has 6 nitrogen and oxygen atoms in total. The van der Waals surface area contributed by atoms with Gasteiger partial charge in [0.15, 0.2) is 5.96 Å². The van der Waals surface area contributed by atoms with Crippen molar-refractivity contribution in [2.75, 3.05) is 26.2 Å². The van der Waals surface area contributed by atoms with E-state index in [0.717, 1.165) is 36.7 Å². The molecule has 0 radical (unpaired) electrons. The van der Waals surface area contributed by atoms with Gasteiger partial charge in [-0.1, -0.05) is 54.6 Å². The molecule has 7 heteroatoms. The second-order valence-corrected chi connectivity index (χ2v) is 7.24. The third-order valence-corrected chi connectivity index (χ3v) is 4.88. The Hall–Kier alpha value is -2.13. The summed E-state index contributed by atoms with van der Waals surface area (Å²) < 4.78 is 5.84. The SMILES string of the molecule is CCNC(=NCc1cccc(COCc2ccccc2)c1)NCCC(=O)N(CC)CC.I. The van der Waals surface area contributed by atoms with Crippen LogP contribution in [0.1, 0.15) is 43.9 Å². The van der Waals surface area contributed by atoms with Gasteiger partial charge in [-0.2, -0.15) is 0 Å². The summed E-state index contributed by atoms with van der Waals surface area (Å²) in [4.78, 5) is 18.7. The molecule has 0 aliphatic heterocycles. The van der Waals surface area contributed by atoms with Crippen LogP contribution in [0.4, 0.5) is 0 Å². The lowest BCUT2D eigenvalue weighted by atomic mass is 10.1. The zero-order chi connectivity index (χ0) is 22.3. The largest absolute Gasteiger partial charge is 0.372 e. The number of nitrogens with one attached hydrogen (secondary N) is 2. The predicted octanol–water partition coefficient (Wildman–Crippen LogP) is 4.34. The molecular weight excluding hydrogens is 515 g/mol. The minimum atomic E-state index is 0. The van der Waals surface area contributed by atoms with Crippen LogP contribution in [-0.2, 0) is 29.3 Å². The number of halogens is 1. The first-order chi connectivity index (χ1) is 15.2. The number of amides is 1. The molecule has 1 amide bonds. The molecule has 0 bridgehead atoms. The maximum Gasteiger partial charge on any atom is 0.224 e. The number of ether oxygens (including phenoxy) is 1. The second kappa shape index (κ2) is 16.5. The average Bonchev–Trinajstić information content (AvgIpc) is 2.79. The molecule has 0 saturated carbocycles. The Bertz CT molecular complexity index is 811. The fourth-order valence-electron chi connectivity index (χ4n) is 3.21. The minimum Gasteiger partial charge on any atom is -0.372 e. The Kier molecular flexibility index (Phi) is 14.4. The molecule has 2 rings (SSSR count). The number of guanidine groups is 1. The van der Waals surface area contributed by atoms with Crippen LogP contribution in [0.3, 0.4) is 0 Å². The van der Waals surface area contributed by atoms with Crippen molar-refractivity contribution < 1.29 is 9.53 Å². The number of carbonyl (C=O) groups is 1. The van der Waals surface area contributed by atoms with Gasteiger partial charge in [0, 0.05) is 32.6 Å². The maximum absolute atomic E-state index is 12.2. The highest BCUT2D eigenvalue weighted by Crippen LogP contribution is 2.10. The quantitative estimate of drug-likeness (QED) is 0.234. The molecule has 0 aliphatic rings. The lowest BCUT2D eigenvalue weighted by Gasteiger charge is -2.19. The van der Waals surface area contributed by atoms with Gasteiger partial charge >= 0.3 is 0 Å². The van der Waals surface area contributed by atoms with Crippen molar-refractivity contribution >= 4 is 35.8 Å². The third kappa shape index (κ3) is 10.5. The highest BCUT2D eigenvalue weighted by molar-refractivity contribution is 14.0. The average molecular weight is 553 g/mol.